The van der Waals surface area contributed by atoms with E-state index in [-0.39, 0.29) is 0 Å². The summed E-state index contributed by atoms with van der Waals surface area (Å²) in [5.41, 5.74) is 3.12. The predicted molar refractivity (Wildman–Crippen MR) is 122 cm³/mol. The Labute approximate surface area is 179 Å². The fourth-order valence-corrected chi connectivity index (χ4v) is 3.74. The SMILES string of the molecule is CCCC(CC)Nc1cc(-c2cc(CNCC#N)cc(N3CCNCC3)n2)ccn1. The first-order chi connectivity index (χ1) is 14.7. The van der Waals surface area contributed by atoms with Crippen LogP contribution in [0.15, 0.2) is 30.5 Å². The van der Waals surface area contributed by atoms with Gasteiger partial charge in [-0.3, -0.25) is 0 Å². The Morgan fingerprint density at radius 1 is 1.23 bits per heavy atom. The van der Waals surface area contributed by atoms with Gasteiger partial charge >= 0.3 is 0 Å². The number of nitrogens with zero attached hydrogens (tertiary/aromatic N) is 4. The van der Waals surface area contributed by atoms with Gasteiger partial charge in [0.25, 0.3) is 0 Å². The molecule has 0 saturated carbocycles. The third-order valence-corrected chi connectivity index (χ3v) is 5.38. The molecule has 0 bridgehead atoms. The number of rotatable bonds is 10. The lowest BCUT2D eigenvalue weighted by Crippen LogP contribution is -2.44. The van der Waals surface area contributed by atoms with Crippen LogP contribution >= 0.6 is 0 Å². The number of anilines is 2. The summed E-state index contributed by atoms with van der Waals surface area (Å²) in [5.74, 6) is 1.89. The molecule has 1 fully saturated rings. The third kappa shape index (κ3) is 6.15. The average Bonchev–Trinajstić information content (AvgIpc) is 2.79. The first-order valence-electron chi connectivity index (χ1n) is 11.0. The number of pyridine rings is 2. The monoisotopic (exact) mass is 407 g/mol. The van der Waals surface area contributed by atoms with Gasteiger partial charge in [0.2, 0.25) is 0 Å². The number of piperazine rings is 1. The minimum absolute atomic E-state index is 0.333. The van der Waals surface area contributed by atoms with Crippen LogP contribution in [0.5, 0.6) is 0 Å². The van der Waals surface area contributed by atoms with Gasteiger partial charge in [-0.15, -0.1) is 0 Å². The summed E-state index contributed by atoms with van der Waals surface area (Å²) in [7, 11) is 0. The van der Waals surface area contributed by atoms with Crippen molar-refractivity contribution in [3.05, 3.63) is 36.0 Å². The Kier molecular flexibility index (Phi) is 8.42. The van der Waals surface area contributed by atoms with Crippen molar-refractivity contribution in [2.24, 2.45) is 0 Å². The smallest absolute Gasteiger partial charge is 0.129 e. The molecule has 0 spiro atoms. The van der Waals surface area contributed by atoms with Crippen LogP contribution in [0.1, 0.15) is 38.7 Å². The highest BCUT2D eigenvalue weighted by Gasteiger charge is 2.15. The Bertz CT molecular complexity index is 840. The normalized spacial score (nSPS) is 14.9. The van der Waals surface area contributed by atoms with Crippen LogP contribution in [0.4, 0.5) is 11.6 Å². The Morgan fingerprint density at radius 3 is 2.80 bits per heavy atom. The van der Waals surface area contributed by atoms with E-state index in [9.17, 15) is 0 Å². The molecular formula is C23H33N7. The minimum Gasteiger partial charge on any atom is -0.367 e. The number of nitriles is 1. The van der Waals surface area contributed by atoms with Crippen LogP contribution in [-0.4, -0.2) is 48.7 Å². The van der Waals surface area contributed by atoms with Gasteiger partial charge in [0, 0.05) is 50.5 Å². The van der Waals surface area contributed by atoms with E-state index in [1.54, 1.807) is 0 Å². The molecule has 2 aromatic heterocycles. The van der Waals surface area contributed by atoms with Gasteiger partial charge in [0.1, 0.15) is 11.6 Å². The molecule has 1 aliphatic heterocycles. The van der Waals surface area contributed by atoms with Crippen molar-refractivity contribution >= 4 is 11.6 Å². The molecular weight excluding hydrogens is 374 g/mol. The quantitative estimate of drug-likeness (QED) is 0.412. The van der Waals surface area contributed by atoms with Crippen molar-refractivity contribution in [2.45, 2.75) is 45.7 Å². The second-order valence-corrected chi connectivity index (χ2v) is 7.69. The maximum atomic E-state index is 8.84. The summed E-state index contributed by atoms with van der Waals surface area (Å²) < 4.78 is 0. The van der Waals surface area contributed by atoms with Crippen molar-refractivity contribution in [3.8, 4) is 17.3 Å². The maximum Gasteiger partial charge on any atom is 0.129 e. The van der Waals surface area contributed by atoms with Crippen LogP contribution in [0.3, 0.4) is 0 Å². The number of nitrogens with one attached hydrogen (secondary N) is 3. The molecule has 0 aromatic carbocycles. The lowest BCUT2D eigenvalue weighted by Gasteiger charge is -2.29. The van der Waals surface area contributed by atoms with Crippen molar-refractivity contribution < 1.29 is 0 Å². The van der Waals surface area contributed by atoms with E-state index in [0.29, 0.717) is 19.1 Å². The summed E-state index contributed by atoms with van der Waals surface area (Å²) in [4.78, 5) is 11.8. The van der Waals surface area contributed by atoms with E-state index in [1.807, 2.05) is 12.3 Å². The number of aromatic nitrogens is 2. The van der Waals surface area contributed by atoms with E-state index in [0.717, 1.165) is 73.9 Å². The highest BCUT2D eigenvalue weighted by molar-refractivity contribution is 5.66. The zero-order chi connectivity index (χ0) is 21.2. The average molecular weight is 408 g/mol. The zero-order valence-electron chi connectivity index (χ0n) is 18.1. The maximum absolute atomic E-state index is 8.84. The fraction of sp³-hybridized carbons (Fsp3) is 0.522. The van der Waals surface area contributed by atoms with Crippen LogP contribution in [-0.2, 0) is 6.54 Å². The van der Waals surface area contributed by atoms with E-state index in [2.05, 4.69) is 64.0 Å². The summed E-state index contributed by atoms with van der Waals surface area (Å²) in [5, 5.41) is 19.0. The standard InChI is InChI=1S/C23H33N7/c1-3-5-20(4-2)28-22-16-19(6-8-27-22)21-14-18(17-26-9-7-24)15-23(29-21)30-12-10-25-11-13-30/h6,8,14-16,20,25-26H,3-5,9-13,17H2,1-2H3,(H,27,28). The molecule has 1 saturated heterocycles. The molecule has 7 heteroatoms. The van der Waals surface area contributed by atoms with Gasteiger partial charge in [-0.2, -0.15) is 5.26 Å². The van der Waals surface area contributed by atoms with Crippen LogP contribution < -0.4 is 20.9 Å². The Balaban J connectivity index is 1.88. The molecule has 1 atom stereocenters. The zero-order valence-corrected chi connectivity index (χ0v) is 18.1. The summed E-state index contributed by atoms with van der Waals surface area (Å²) in [6, 6.07) is 10.9. The molecule has 3 heterocycles. The highest BCUT2D eigenvalue weighted by atomic mass is 15.2. The van der Waals surface area contributed by atoms with E-state index < -0.39 is 0 Å². The lowest BCUT2D eigenvalue weighted by molar-refractivity contribution is 0.584. The molecule has 160 valence electrons. The van der Waals surface area contributed by atoms with Crippen molar-refractivity contribution in [3.63, 3.8) is 0 Å². The van der Waals surface area contributed by atoms with Gasteiger partial charge in [-0.1, -0.05) is 20.3 Å². The van der Waals surface area contributed by atoms with Crippen LogP contribution in [0.25, 0.3) is 11.3 Å². The molecule has 1 unspecified atom stereocenters. The number of hydrogen-bond acceptors (Lipinski definition) is 7. The summed E-state index contributed by atoms with van der Waals surface area (Å²) in [6.45, 7) is 9.21. The highest BCUT2D eigenvalue weighted by Crippen LogP contribution is 2.25. The Hall–Kier alpha value is -2.69. The van der Waals surface area contributed by atoms with Crippen molar-refractivity contribution in [2.75, 3.05) is 42.9 Å². The molecule has 30 heavy (non-hydrogen) atoms. The lowest BCUT2D eigenvalue weighted by atomic mass is 10.1. The Morgan fingerprint density at radius 2 is 2.07 bits per heavy atom. The molecule has 3 N–H and O–H groups in total. The largest absolute Gasteiger partial charge is 0.367 e. The molecule has 0 radical (unpaired) electrons. The van der Waals surface area contributed by atoms with Gasteiger partial charge < -0.3 is 20.9 Å². The first-order valence-corrected chi connectivity index (χ1v) is 11.0. The second-order valence-electron chi connectivity index (χ2n) is 7.69. The molecule has 7 nitrogen and oxygen atoms in total. The molecule has 2 aromatic rings. The van der Waals surface area contributed by atoms with Gasteiger partial charge in [0.15, 0.2) is 0 Å². The summed E-state index contributed by atoms with van der Waals surface area (Å²) in [6.07, 6.45) is 5.21. The van der Waals surface area contributed by atoms with Gasteiger partial charge in [-0.05, 0) is 42.7 Å². The topological polar surface area (TPSA) is 88.9 Å². The fourth-order valence-electron chi connectivity index (χ4n) is 3.74. The number of hydrogen-bond donors (Lipinski definition) is 3. The molecule has 1 aliphatic rings. The molecule has 3 rings (SSSR count). The predicted octanol–water partition coefficient (Wildman–Crippen LogP) is 3.16. The van der Waals surface area contributed by atoms with Gasteiger partial charge in [0.05, 0.1) is 18.3 Å². The minimum atomic E-state index is 0.333. The molecule has 0 aliphatic carbocycles. The van der Waals surface area contributed by atoms with Crippen molar-refractivity contribution in [1.29, 1.82) is 5.26 Å². The first kappa shape index (κ1) is 22.0. The van der Waals surface area contributed by atoms with E-state index in [1.165, 1.54) is 0 Å². The summed E-state index contributed by atoms with van der Waals surface area (Å²) >= 11 is 0. The third-order valence-electron chi connectivity index (χ3n) is 5.38. The van der Waals surface area contributed by atoms with E-state index in [4.69, 9.17) is 10.2 Å². The molecule has 0 amide bonds. The van der Waals surface area contributed by atoms with Crippen LogP contribution in [0, 0.1) is 11.3 Å². The van der Waals surface area contributed by atoms with E-state index >= 15 is 0 Å². The van der Waals surface area contributed by atoms with Gasteiger partial charge in [-0.25, -0.2) is 9.97 Å². The second kappa shape index (κ2) is 11.5. The van der Waals surface area contributed by atoms with Crippen LogP contribution in [0.2, 0.25) is 0 Å². The van der Waals surface area contributed by atoms with Crippen molar-refractivity contribution in [1.82, 2.24) is 20.6 Å².